The number of carbonyl (C=O) groups excluding carboxylic acids is 1. The summed E-state index contributed by atoms with van der Waals surface area (Å²) >= 11 is 11.9. The average molecular weight is 293 g/mol. The number of rotatable bonds is 6. The monoisotopic (exact) mass is 292 g/mol. The van der Waals surface area contributed by atoms with Gasteiger partial charge in [-0.25, -0.2) is 0 Å². The molecule has 0 fully saturated rings. The van der Waals surface area contributed by atoms with Gasteiger partial charge in [0.1, 0.15) is 5.78 Å². The Bertz CT molecular complexity index is 412. The van der Waals surface area contributed by atoms with Crippen molar-refractivity contribution in [1.82, 2.24) is 0 Å². The van der Waals surface area contributed by atoms with Crippen LogP contribution < -0.4 is 0 Å². The molecule has 0 amide bonds. The summed E-state index contributed by atoms with van der Waals surface area (Å²) < 4.78 is 12.0. The molecule has 0 spiro atoms. The van der Waals surface area contributed by atoms with Gasteiger partial charge in [-0.2, -0.15) is 0 Å². The molecule has 0 aromatic heterocycles. The van der Waals surface area contributed by atoms with Gasteiger partial charge in [-0.05, 0) is 31.9 Å². The van der Waals surface area contributed by atoms with Crippen LogP contribution in [0.1, 0.15) is 26.2 Å². The fourth-order valence-corrected chi connectivity index (χ4v) is 3.56. The van der Waals surface area contributed by atoms with Gasteiger partial charge in [-0.3, -0.25) is 4.21 Å². The van der Waals surface area contributed by atoms with E-state index >= 15 is 0 Å². The summed E-state index contributed by atoms with van der Waals surface area (Å²) in [5.74, 6) is 0.642. The van der Waals surface area contributed by atoms with Crippen molar-refractivity contribution in [1.29, 1.82) is 0 Å². The number of benzene rings is 1. The Hall–Kier alpha value is -0.380. The smallest absolute Gasteiger partial charge is 0.129 e. The topological polar surface area (TPSA) is 34.1 Å². The van der Waals surface area contributed by atoms with Gasteiger partial charge in [0.15, 0.2) is 0 Å². The van der Waals surface area contributed by atoms with Gasteiger partial charge in [-0.15, -0.1) is 0 Å². The molecule has 1 aromatic rings. The molecule has 0 aliphatic carbocycles. The lowest BCUT2D eigenvalue weighted by Gasteiger charge is -2.06. The Morgan fingerprint density at radius 1 is 1.24 bits per heavy atom. The number of carbonyl (C=O) groups is 1. The van der Waals surface area contributed by atoms with Gasteiger partial charge < -0.3 is 4.79 Å². The predicted molar refractivity (Wildman–Crippen MR) is 72.3 cm³/mol. The first-order chi connectivity index (χ1) is 8.02. The van der Waals surface area contributed by atoms with Crippen LogP contribution >= 0.6 is 23.2 Å². The van der Waals surface area contributed by atoms with Crippen molar-refractivity contribution in [2.45, 2.75) is 31.1 Å². The predicted octanol–water partition coefficient (Wildman–Crippen LogP) is 3.86. The minimum absolute atomic E-state index is 0.159. The quantitative estimate of drug-likeness (QED) is 0.746. The third-order valence-electron chi connectivity index (χ3n) is 2.26. The van der Waals surface area contributed by atoms with Gasteiger partial charge in [0, 0.05) is 12.2 Å². The summed E-state index contributed by atoms with van der Waals surface area (Å²) in [6.07, 6.45) is 2.02. The fraction of sp³-hybridized carbons (Fsp3) is 0.417. The number of ketones is 1. The number of Topliss-reactive ketones (excluding diaryl/α,β-unsaturated/α-hetero) is 1. The third-order valence-corrected chi connectivity index (χ3v) is 4.66. The van der Waals surface area contributed by atoms with Crippen LogP contribution in [0.3, 0.4) is 0 Å². The minimum Gasteiger partial charge on any atom is -0.300 e. The first kappa shape index (κ1) is 14.7. The van der Waals surface area contributed by atoms with Crippen LogP contribution in [-0.2, 0) is 15.6 Å². The summed E-state index contributed by atoms with van der Waals surface area (Å²) in [4.78, 5) is 11.2. The van der Waals surface area contributed by atoms with Crippen molar-refractivity contribution in [2.75, 3.05) is 5.75 Å². The van der Waals surface area contributed by atoms with E-state index in [1.165, 1.54) is 0 Å². The third kappa shape index (κ3) is 4.78. The van der Waals surface area contributed by atoms with E-state index in [-0.39, 0.29) is 5.78 Å². The molecule has 1 atom stereocenters. The maximum atomic E-state index is 12.0. The van der Waals surface area contributed by atoms with Crippen molar-refractivity contribution < 1.29 is 9.00 Å². The molecule has 0 heterocycles. The molecule has 1 aromatic carbocycles. The molecule has 17 heavy (non-hydrogen) atoms. The largest absolute Gasteiger partial charge is 0.300 e. The van der Waals surface area contributed by atoms with Crippen molar-refractivity contribution in [3.05, 3.63) is 28.2 Å². The molecule has 0 saturated heterocycles. The van der Waals surface area contributed by atoms with Crippen molar-refractivity contribution in [3.8, 4) is 0 Å². The molecular weight excluding hydrogens is 279 g/mol. The van der Waals surface area contributed by atoms with E-state index < -0.39 is 10.8 Å². The first-order valence-electron chi connectivity index (χ1n) is 5.34. The molecular formula is C12H14Cl2O2S. The first-order valence-corrected chi connectivity index (χ1v) is 7.41. The van der Waals surface area contributed by atoms with Gasteiger partial charge in [0.25, 0.3) is 0 Å². The number of hydrogen-bond donors (Lipinski definition) is 0. The van der Waals surface area contributed by atoms with Gasteiger partial charge in [0.05, 0.1) is 25.7 Å². The van der Waals surface area contributed by atoms with Crippen LogP contribution in [0.15, 0.2) is 23.1 Å². The number of halogens is 2. The van der Waals surface area contributed by atoms with Gasteiger partial charge in [0.2, 0.25) is 0 Å². The fourth-order valence-electron chi connectivity index (χ4n) is 1.41. The van der Waals surface area contributed by atoms with E-state index in [0.29, 0.717) is 27.1 Å². The van der Waals surface area contributed by atoms with Gasteiger partial charge >= 0.3 is 0 Å². The summed E-state index contributed by atoms with van der Waals surface area (Å²) in [7, 11) is -1.20. The zero-order valence-electron chi connectivity index (χ0n) is 9.54. The van der Waals surface area contributed by atoms with Crippen LogP contribution in [0.4, 0.5) is 0 Å². The lowest BCUT2D eigenvalue weighted by Crippen LogP contribution is -2.01. The summed E-state index contributed by atoms with van der Waals surface area (Å²) in [6.45, 7) is 1.56. The normalized spacial score (nSPS) is 12.4. The Labute approximate surface area is 114 Å². The van der Waals surface area contributed by atoms with Crippen molar-refractivity contribution in [3.63, 3.8) is 0 Å². The molecule has 94 valence electrons. The number of hydrogen-bond acceptors (Lipinski definition) is 2. The lowest BCUT2D eigenvalue weighted by molar-refractivity contribution is -0.117. The van der Waals surface area contributed by atoms with E-state index in [9.17, 15) is 9.00 Å². The van der Waals surface area contributed by atoms with Crippen LogP contribution in [0, 0.1) is 0 Å². The van der Waals surface area contributed by atoms with E-state index in [2.05, 4.69) is 0 Å². The molecule has 0 N–H and O–H groups in total. The van der Waals surface area contributed by atoms with Gasteiger partial charge in [-0.1, -0.05) is 29.3 Å². The maximum absolute atomic E-state index is 12.0. The maximum Gasteiger partial charge on any atom is 0.129 e. The zero-order valence-corrected chi connectivity index (χ0v) is 11.9. The summed E-state index contributed by atoms with van der Waals surface area (Å²) in [5.41, 5.74) is 0. The van der Waals surface area contributed by atoms with Crippen LogP contribution in [0.2, 0.25) is 10.0 Å². The minimum atomic E-state index is -1.20. The molecule has 1 rings (SSSR count). The highest BCUT2D eigenvalue weighted by molar-refractivity contribution is 7.85. The molecule has 5 heteroatoms. The van der Waals surface area contributed by atoms with Crippen molar-refractivity contribution in [2.24, 2.45) is 0 Å². The van der Waals surface area contributed by atoms with E-state index in [1.54, 1.807) is 25.1 Å². The SMILES string of the molecule is CC(=O)CCCCS(=O)c1c(Cl)cccc1Cl. The molecule has 0 bridgehead atoms. The summed E-state index contributed by atoms with van der Waals surface area (Å²) in [6, 6.07) is 5.08. The Kier molecular flexibility index (Phi) is 6.17. The van der Waals surface area contributed by atoms with E-state index in [0.717, 1.165) is 12.8 Å². The Morgan fingerprint density at radius 2 is 1.82 bits per heavy atom. The van der Waals surface area contributed by atoms with E-state index in [4.69, 9.17) is 23.2 Å². The molecule has 0 radical (unpaired) electrons. The van der Waals surface area contributed by atoms with Crippen LogP contribution in [0.25, 0.3) is 0 Å². The molecule has 1 unspecified atom stereocenters. The molecule has 0 saturated carbocycles. The highest BCUT2D eigenvalue weighted by atomic mass is 35.5. The second-order valence-electron chi connectivity index (χ2n) is 3.76. The lowest BCUT2D eigenvalue weighted by atomic mass is 10.2. The molecule has 2 nitrogen and oxygen atoms in total. The van der Waals surface area contributed by atoms with Crippen molar-refractivity contribution >= 4 is 39.8 Å². The molecule has 0 aliphatic rings. The second-order valence-corrected chi connectivity index (χ2v) is 6.08. The van der Waals surface area contributed by atoms with Crippen LogP contribution in [-0.4, -0.2) is 15.7 Å². The second kappa shape index (κ2) is 7.14. The zero-order chi connectivity index (χ0) is 12.8. The standard InChI is InChI=1S/C12H14Cl2O2S/c1-9(15)5-2-3-8-17(16)12-10(13)6-4-7-11(12)14/h4,6-7H,2-3,5,8H2,1H3. The van der Waals surface area contributed by atoms with Crippen LogP contribution in [0.5, 0.6) is 0 Å². The highest BCUT2D eigenvalue weighted by Crippen LogP contribution is 2.28. The Balaban J connectivity index is 2.55. The number of unbranched alkanes of at least 4 members (excludes halogenated alkanes) is 1. The Morgan fingerprint density at radius 3 is 2.35 bits per heavy atom. The highest BCUT2D eigenvalue weighted by Gasteiger charge is 2.12. The molecule has 0 aliphatic heterocycles. The average Bonchev–Trinajstić information content (AvgIpc) is 2.24. The summed E-state index contributed by atoms with van der Waals surface area (Å²) in [5, 5.41) is 0.866. The van der Waals surface area contributed by atoms with E-state index in [1.807, 2.05) is 0 Å².